The van der Waals surface area contributed by atoms with Crippen molar-refractivity contribution in [2.75, 3.05) is 11.9 Å². The number of halogens is 1. The second-order valence-electron chi connectivity index (χ2n) is 2.84. The average molecular weight is 181 g/mol. The third-order valence-electron chi connectivity index (χ3n) is 1.84. The fourth-order valence-electron chi connectivity index (χ4n) is 1.23. The molecular formula is C9H8FNO2. The Morgan fingerprint density at radius 1 is 1.38 bits per heavy atom. The third-order valence-corrected chi connectivity index (χ3v) is 1.84. The average Bonchev–Trinajstić information content (AvgIpc) is 2.25. The van der Waals surface area contributed by atoms with Crippen LogP contribution >= 0.6 is 0 Å². The molecule has 0 saturated carbocycles. The van der Waals surface area contributed by atoms with Crippen molar-refractivity contribution in [1.82, 2.24) is 0 Å². The summed E-state index contributed by atoms with van der Waals surface area (Å²) in [7, 11) is 0. The van der Waals surface area contributed by atoms with E-state index in [-0.39, 0.29) is 18.3 Å². The van der Waals surface area contributed by atoms with Crippen LogP contribution in [0.5, 0.6) is 0 Å². The van der Waals surface area contributed by atoms with Gasteiger partial charge in [0.15, 0.2) is 0 Å². The summed E-state index contributed by atoms with van der Waals surface area (Å²) in [6.45, 7) is 0.366. The maximum absolute atomic E-state index is 12.8. The molecule has 1 aromatic carbocycles. The van der Waals surface area contributed by atoms with Gasteiger partial charge in [-0.05, 0) is 12.1 Å². The molecular weight excluding hydrogens is 173 g/mol. The number of nitrogens with one attached hydrogen (secondary N) is 1. The van der Waals surface area contributed by atoms with Crippen LogP contribution in [0.15, 0.2) is 18.2 Å². The van der Waals surface area contributed by atoms with Gasteiger partial charge in [0, 0.05) is 11.3 Å². The Hall–Kier alpha value is -1.42. The highest BCUT2D eigenvalue weighted by Crippen LogP contribution is 2.20. The van der Waals surface area contributed by atoms with E-state index in [0.29, 0.717) is 12.3 Å². The molecule has 1 N–H and O–H groups in total. The highest BCUT2D eigenvalue weighted by Gasteiger charge is 2.12. The lowest BCUT2D eigenvalue weighted by atomic mass is 10.2. The lowest BCUT2D eigenvalue weighted by Gasteiger charge is -2.04. The van der Waals surface area contributed by atoms with E-state index < -0.39 is 0 Å². The molecule has 0 aliphatic carbocycles. The molecule has 3 nitrogen and oxygen atoms in total. The van der Waals surface area contributed by atoms with Gasteiger partial charge in [-0.1, -0.05) is 6.07 Å². The van der Waals surface area contributed by atoms with Crippen LogP contribution in [0.3, 0.4) is 0 Å². The van der Waals surface area contributed by atoms with Crippen molar-refractivity contribution in [3.05, 3.63) is 29.6 Å². The zero-order chi connectivity index (χ0) is 9.26. The standard InChI is InChI=1S/C9H8FNO2/c10-7-2-1-6-4-13-5-9(12)11-8(6)3-7/h1-3H,4-5H2,(H,11,12). The van der Waals surface area contributed by atoms with Crippen LogP contribution in [0.25, 0.3) is 0 Å². The molecule has 1 aliphatic heterocycles. The van der Waals surface area contributed by atoms with E-state index in [4.69, 9.17) is 4.74 Å². The zero-order valence-corrected chi connectivity index (χ0v) is 6.84. The van der Waals surface area contributed by atoms with Crippen molar-refractivity contribution >= 4 is 11.6 Å². The highest BCUT2D eigenvalue weighted by atomic mass is 19.1. The highest BCUT2D eigenvalue weighted by molar-refractivity contribution is 5.92. The van der Waals surface area contributed by atoms with Crippen molar-refractivity contribution in [3.63, 3.8) is 0 Å². The Balaban J connectivity index is 2.40. The van der Waals surface area contributed by atoms with E-state index in [9.17, 15) is 9.18 Å². The molecule has 1 aliphatic rings. The van der Waals surface area contributed by atoms with E-state index in [1.807, 2.05) is 0 Å². The number of amides is 1. The summed E-state index contributed by atoms with van der Waals surface area (Å²) in [5, 5.41) is 2.56. The van der Waals surface area contributed by atoms with Crippen molar-refractivity contribution in [1.29, 1.82) is 0 Å². The van der Waals surface area contributed by atoms with Gasteiger partial charge in [-0.3, -0.25) is 4.79 Å². The monoisotopic (exact) mass is 181 g/mol. The minimum atomic E-state index is -0.360. The van der Waals surface area contributed by atoms with Crippen LogP contribution < -0.4 is 5.32 Å². The predicted molar refractivity (Wildman–Crippen MR) is 44.7 cm³/mol. The summed E-state index contributed by atoms with van der Waals surface area (Å²) in [6.07, 6.45) is 0. The minimum Gasteiger partial charge on any atom is -0.367 e. The summed E-state index contributed by atoms with van der Waals surface area (Å²) < 4.78 is 17.8. The van der Waals surface area contributed by atoms with Crippen LogP contribution in [0.2, 0.25) is 0 Å². The van der Waals surface area contributed by atoms with E-state index >= 15 is 0 Å². The number of hydrogen-bond acceptors (Lipinski definition) is 2. The summed E-state index contributed by atoms with van der Waals surface area (Å²) in [5.74, 6) is -0.606. The maximum atomic E-state index is 12.8. The van der Waals surface area contributed by atoms with Crippen molar-refractivity contribution in [2.24, 2.45) is 0 Å². The van der Waals surface area contributed by atoms with Crippen LogP contribution in [0.1, 0.15) is 5.56 Å². The molecule has 0 fully saturated rings. The van der Waals surface area contributed by atoms with Gasteiger partial charge in [0.25, 0.3) is 0 Å². The van der Waals surface area contributed by atoms with Gasteiger partial charge in [-0.25, -0.2) is 4.39 Å². The molecule has 0 unspecified atom stereocenters. The second kappa shape index (κ2) is 3.14. The SMILES string of the molecule is O=C1COCc2ccc(F)cc2N1. The number of rotatable bonds is 0. The van der Waals surface area contributed by atoms with Gasteiger partial charge >= 0.3 is 0 Å². The molecule has 2 rings (SSSR count). The van der Waals surface area contributed by atoms with E-state index in [1.54, 1.807) is 6.07 Å². The molecule has 0 aromatic heterocycles. The number of carbonyl (C=O) groups is 1. The number of anilines is 1. The molecule has 13 heavy (non-hydrogen) atoms. The number of ether oxygens (including phenoxy) is 1. The van der Waals surface area contributed by atoms with Crippen molar-refractivity contribution in [2.45, 2.75) is 6.61 Å². The van der Waals surface area contributed by atoms with Gasteiger partial charge < -0.3 is 10.1 Å². The number of benzene rings is 1. The molecule has 4 heteroatoms. The molecule has 0 radical (unpaired) electrons. The summed E-state index contributed by atoms with van der Waals surface area (Å²) in [6, 6.07) is 4.25. The first kappa shape index (κ1) is 8.19. The molecule has 0 spiro atoms. The Kier molecular flexibility index (Phi) is 1.98. The van der Waals surface area contributed by atoms with Crippen LogP contribution in [0.4, 0.5) is 10.1 Å². The second-order valence-corrected chi connectivity index (χ2v) is 2.84. The Morgan fingerprint density at radius 3 is 3.08 bits per heavy atom. The lowest BCUT2D eigenvalue weighted by Crippen LogP contribution is -2.14. The minimum absolute atomic E-state index is 0.0241. The smallest absolute Gasteiger partial charge is 0.250 e. The third kappa shape index (κ3) is 1.67. The summed E-state index contributed by atoms with van der Waals surface area (Å²) in [4.78, 5) is 11.0. The van der Waals surface area contributed by atoms with Gasteiger partial charge in [0.1, 0.15) is 12.4 Å². The summed E-state index contributed by atoms with van der Waals surface area (Å²) >= 11 is 0. The van der Waals surface area contributed by atoms with Crippen molar-refractivity contribution in [3.8, 4) is 0 Å². The maximum Gasteiger partial charge on any atom is 0.250 e. The zero-order valence-electron chi connectivity index (χ0n) is 6.84. The first-order valence-corrected chi connectivity index (χ1v) is 3.92. The predicted octanol–water partition coefficient (Wildman–Crippen LogP) is 1.29. The number of hydrogen-bond donors (Lipinski definition) is 1. The summed E-state index contributed by atoms with van der Waals surface area (Å²) in [5.41, 5.74) is 1.30. The van der Waals surface area contributed by atoms with Crippen LogP contribution in [-0.4, -0.2) is 12.5 Å². The topological polar surface area (TPSA) is 38.3 Å². The molecule has 0 atom stereocenters. The fourth-order valence-corrected chi connectivity index (χ4v) is 1.23. The van der Waals surface area contributed by atoms with Crippen LogP contribution in [0, 0.1) is 5.82 Å². The first-order valence-electron chi connectivity index (χ1n) is 3.92. The van der Waals surface area contributed by atoms with E-state index in [2.05, 4.69) is 5.32 Å². The molecule has 1 amide bonds. The quantitative estimate of drug-likeness (QED) is 0.655. The molecule has 68 valence electrons. The van der Waals surface area contributed by atoms with E-state index in [1.165, 1.54) is 12.1 Å². The fraction of sp³-hybridized carbons (Fsp3) is 0.222. The van der Waals surface area contributed by atoms with Crippen molar-refractivity contribution < 1.29 is 13.9 Å². The van der Waals surface area contributed by atoms with Gasteiger partial charge in [-0.2, -0.15) is 0 Å². The number of carbonyl (C=O) groups excluding carboxylic acids is 1. The Morgan fingerprint density at radius 2 is 2.23 bits per heavy atom. The van der Waals surface area contributed by atoms with Gasteiger partial charge in [-0.15, -0.1) is 0 Å². The Bertz CT molecular complexity index is 351. The lowest BCUT2D eigenvalue weighted by molar-refractivity contribution is -0.120. The van der Waals surface area contributed by atoms with Crippen LogP contribution in [-0.2, 0) is 16.1 Å². The number of fused-ring (bicyclic) bond motifs is 1. The molecule has 1 heterocycles. The molecule has 0 saturated heterocycles. The van der Waals surface area contributed by atoms with Gasteiger partial charge in [0.05, 0.1) is 6.61 Å². The molecule has 1 aromatic rings. The normalized spacial score (nSPS) is 15.9. The Labute approximate surface area is 74.5 Å². The van der Waals surface area contributed by atoms with Gasteiger partial charge in [0.2, 0.25) is 5.91 Å². The first-order chi connectivity index (χ1) is 6.25. The molecule has 0 bridgehead atoms. The largest absolute Gasteiger partial charge is 0.367 e. The van der Waals surface area contributed by atoms with E-state index in [0.717, 1.165) is 5.56 Å².